The van der Waals surface area contributed by atoms with Crippen LogP contribution in [0.3, 0.4) is 0 Å². The number of benzene rings is 1. The maximum Gasteiger partial charge on any atom is 0.0628 e. The lowest BCUT2D eigenvalue weighted by atomic mass is 9.94. The van der Waals surface area contributed by atoms with Crippen LogP contribution in [0, 0.1) is 22.7 Å². The summed E-state index contributed by atoms with van der Waals surface area (Å²) < 4.78 is 0. The highest BCUT2D eigenvalue weighted by atomic mass is 35.5. The van der Waals surface area contributed by atoms with E-state index in [1.807, 2.05) is 0 Å². The Kier molecular flexibility index (Phi) is 4.43. The van der Waals surface area contributed by atoms with Crippen molar-refractivity contribution in [1.29, 1.82) is 10.5 Å². The van der Waals surface area contributed by atoms with Gasteiger partial charge in [-0.1, -0.05) is 29.3 Å². The average molecular weight is 239 g/mol. The Labute approximate surface area is 98.6 Å². The van der Waals surface area contributed by atoms with E-state index in [-0.39, 0.29) is 18.8 Å². The van der Waals surface area contributed by atoms with Crippen molar-refractivity contribution in [3.05, 3.63) is 33.8 Å². The number of nitrogens with zero attached hydrogens (tertiary/aromatic N) is 2. The third-order valence-electron chi connectivity index (χ3n) is 2.08. The lowest BCUT2D eigenvalue weighted by Crippen LogP contribution is -1.97. The van der Waals surface area contributed by atoms with Gasteiger partial charge in [0, 0.05) is 28.8 Å². The van der Waals surface area contributed by atoms with E-state index in [1.54, 1.807) is 18.2 Å². The highest BCUT2D eigenvalue weighted by Crippen LogP contribution is 2.31. The first-order valence-electron chi connectivity index (χ1n) is 4.38. The van der Waals surface area contributed by atoms with Gasteiger partial charge >= 0.3 is 0 Å². The molecule has 76 valence electrons. The summed E-state index contributed by atoms with van der Waals surface area (Å²) in [6, 6.07) is 9.21. The Morgan fingerprint density at radius 3 is 2.20 bits per heavy atom. The molecule has 0 heterocycles. The highest BCUT2D eigenvalue weighted by Gasteiger charge is 2.14. The molecule has 0 radical (unpaired) electrons. The third kappa shape index (κ3) is 3.13. The maximum absolute atomic E-state index is 8.64. The second-order valence-corrected chi connectivity index (χ2v) is 3.93. The molecule has 0 aliphatic rings. The molecule has 1 rings (SSSR count). The van der Waals surface area contributed by atoms with Gasteiger partial charge in [-0.15, -0.1) is 0 Å². The quantitative estimate of drug-likeness (QED) is 0.802. The van der Waals surface area contributed by atoms with Crippen LogP contribution in [0.15, 0.2) is 18.2 Å². The summed E-state index contributed by atoms with van der Waals surface area (Å²) >= 11 is 11.8. The molecule has 0 amide bonds. The molecule has 4 heteroatoms. The van der Waals surface area contributed by atoms with Gasteiger partial charge in [0.15, 0.2) is 0 Å². The molecule has 0 unspecified atom stereocenters. The van der Waals surface area contributed by atoms with Crippen molar-refractivity contribution in [2.45, 2.75) is 18.8 Å². The van der Waals surface area contributed by atoms with Crippen LogP contribution in [0.25, 0.3) is 0 Å². The van der Waals surface area contributed by atoms with Gasteiger partial charge in [-0.25, -0.2) is 0 Å². The molecule has 1 aromatic carbocycles. The largest absolute Gasteiger partial charge is 0.198 e. The number of nitriles is 2. The van der Waals surface area contributed by atoms with E-state index in [1.165, 1.54) is 0 Å². The molecular weight excluding hydrogens is 231 g/mol. The smallest absolute Gasteiger partial charge is 0.0628 e. The molecule has 0 aliphatic heterocycles. The Morgan fingerprint density at radius 2 is 1.73 bits per heavy atom. The van der Waals surface area contributed by atoms with E-state index in [9.17, 15) is 0 Å². The van der Waals surface area contributed by atoms with Gasteiger partial charge in [-0.3, -0.25) is 0 Å². The molecule has 0 fully saturated rings. The molecule has 2 nitrogen and oxygen atoms in total. The van der Waals surface area contributed by atoms with Crippen LogP contribution in [-0.2, 0) is 0 Å². The van der Waals surface area contributed by atoms with Crippen molar-refractivity contribution in [2.75, 3.05) is 0 Å². The molecule has 0 spiro atoms. The van der Waals surface area contributed by atoms with Crippen LogP contribution in [0.4, 0.5) is 0 Å². The van der Waals surface area contributed by atoms with Gasteiger partial charge in [0.2, 0.25) is 0 Å². The zero-order chi connectivity index (χ0) is 11.3. The molecular formula is C11H8Cl2N2. The maximum atomic E-state index is 8.64. The minimum Gasteiger partial charge on any atom is -0.198 e. The Morgan fingerprint density at radius 1 is 1.13 bits per heavy atom. The summed E-state index contributed by atoms with van der Waals surface area (Å²) in [6.07, 6.45) is 0.573. The molecule has 0 saturated heterocycles. The Balaban J connectivity index is 3.02. The SMILES string of the molecule is N#CCC(CC#N)c1ccc(Cl)cc1Cl. The fourth-order valence-electron chi connectivity index (χ4n) is 1.35. The van der Waals surface area contributed by atoms with Gasteiger partial charge in [-0.05, 0) is 17.7 Å². The van der Waals surface area contributed by atoms with Gasteiger partial charge < -0.3 is 0 Å². The zero-order valence-electron chi connectivity index (χ0n) is 7.87. The predicted molar refractivity (Wildman–Crippen MR) is 59.7 cm³/mol. The lowest BCUT2D eigenvalue weighted by Gasteiger charge is -2.11. The van der Waals surface area contributed by atoms with Gasteiger partial charge in [-0.2, -0.15) is 10.5 Å². The number of rotatable bonds is 3. The van der Waals surface area contributed by atoms with Crippen molar-refractivity contribution in [1.82, 2.24) is 0 Å². The van der Waals surface area contributed by atoms with Gasteiger partial charge in [0.1, 0.15) is 0 Å². The molecule has 0 aliphatic carbocycles. The third-order valence-corrected chi connectivity index (χ3v) is 2.64. The normalized spacial score (nSPS) is 9.67. The van der Waals surface area contributed by atoms with Gasteiger partial charge in [0.25, 0.3) is 0 Å². The lowest BCUT2D eigenvalue weighted by molar-refractivity contribution is 0.726. The summed E-state index contributed by atoms with van der Waals surface area (Å²) in [5.74, 6) is -0.134. The van der Waals surface area contributed by atoms with Crippen molar-refractivity contribution >= 4 is 23.2 Å². The Bertz CT molecular complexity index is 413. The first-order valence-corrected chi connectivity index (χ1v) is 5.13. The molecule has 15 heavy (non-hydrogen) atoms. The van der Waals surface area contributed by atoms with E-state index in [0.717, 1.165) is 5.56 Å². The number of hydrogen-bond acceptors (Lipinski definition) is 2. The highest BCUT2D eigenvalue weighted by molar-refractivity contribution is 6.35. The van der Waals surface area contributed by atoms with Crippen LogP contribution < -0.4 is 0 Å². The van der Waals surface area contributed by atoms with Crippen molar-refractivity contribution in [3.63, 3.8) is 0 Å². The fraction of sp³-hybridized carbons (Fsp3) is 0.273. The molecule has 0 N–H and O–H groups in total. The first-order chi connectivity index (χ1) is 7.19. The first kappa shape index (κ1) is 11.9. The predicted octanol–water partition coefficient (Wildman–Crippen LogP) is 3.90. The number of hydrogen-bond donors (Lipinski definition) is 0. The van der Waals surface area contributed by atoms with E-state index < -0.39 is 0 Å². The van der Waals surface area contributed by atoms with Crippen LogP contribution in [0.5, 0.6) is 0 Å². The summed E-state index contributed by atoms with van der Waals surface area (Å²) in [5, 5.41) is 18.3. The molecule has 0 aromatic heterocycles. The Hall–Kier alpha value is -1.22. The summed E-state index contributed by atoms with van der Waals surface area (Å²) in [6.45, 7) is 0. The molecule has 0 saturated carbocycles. The number of halogens is 2. The van der Waals surface area contributed by atoms with Crippen LogP contribution in [0.1, 0.15) is 24.3 Å². The molecule has 0 bridgehead atoms. The summed E-state index contributed by atoms with van der Waals surface area (Å²) in [7, 11) is 0. The standard InChI is InChI=1S/C11H8Cl2N2/c12-9-1-2-10(11(13)7-9)8(3-5-14)4-6-15/h1-2,7-8H,3-4H2. The van der Waals surface area contributed by atoms with Crippen molar-refractivity contribution in [2.24, 2.45) is 0 Å². The minimum absolute atomic E-state index is 0.134. The van der Waals surface area contributed by atoms with Gasteiger partial charge in [0.05, 0.1) is 12.1 Å². The molecule has 1 aromatic rings. The van der Waals surface area contributed by atoms with Crippen LogP contribution in [0.2, 0.25) is 10.0 Å². The molecule has 0 atom stereocenters. The van der Waals surface area contributed by atoms with Crippen molar-refractivity contribution in [3.8, 4) is 12.1 Å². The zero-order valence-corrected chi connectivity index (χ0v) is 9.39. The second-order valence-electron chi connectivity index (χ2n) is 3.09. The fourth-order valence-corrected chi connectivity index (χ4v) is 1.91. The summed E-state index contributed by atoms with van der Waals surface area (Å²) in [5.41, 5.74) is 0.809. The van der Waals surface area contributed by atoms with E-state index >= 15 is 0 Å². The van der Waals surface area contributed by atoms with Crippen LogP contribution in [-0.4, -0.2) is 0 Å². The summed E-state index contributed by atoms with van der Waals surface area (Å²) in [4.78, 5) is 0. The second kappa shape index (κ2) is 5.61. The van der Waals surface area contributed by atoms with E-state index in [4.69, 9.17) is 33.7 Å². The van der Waals surface area contributed by atoms with Crippen LogP contribution >= 0.6 is 23.2 Å². The van der Waals surface area contributed by atoms with Crippen molar-refractivity contribution < 1.29 is 0 Å². The average Bonchev–Trinajstić information content (AvgIpc) is 2.17. The minimum atomic E-state index is -0.134. The van der Waals surface area contributed by atoms with E-state index in [2.05, 4.69) is 12.1 Å². The topological polar surface area (TPSA) is 47.6 Å². The van der Waals surface area contributed by atoms with E-state index in [0.29, 0.717) is 10.0 Å². The monoisotopic (exact) mass is 238 g/mol.